The fourth-order valence-electron chi connectivity index (χ4n) is 7.05. The van der Waals surface area contributed by atoms with Crippen molar-refractivity contribution in [2.45, 2.75) is 63.5 Å². The van der Waals surface area contributed by atoms with Crippen molar-refractivity contribution in [3.8, 4) is 17.2 Å². The first kappa shape index (κ1) is 30.4. The first-order chi connectivity index (χ1) is 21.3. The minimum Gasteiger partial charge on any atom is -0.497 e. The summed E-state index contributed by atoms with van der Waals surface area (Å²) in [6, 6.07) is 18.0. The molecule has 44 heavy (non-hydrogen) atoms. The number of hydrogen-bond donors (Lipinski definition) is 1. The lowest BCUT2D eigenvalue weighted by Crippen LogP contribution is -2.53. The van der Waals surface area contributed by atoms with E-state index in [2.05, 4.69) is 30.4 Å². The molecular weight excluding hydrogens is 578 g/mol. The molecule has 232 valence electrons. The maximum absolute atomic E-state index is 13.4. The van der Waals surface area contributed by atoms with E-state index in [-0.39, 0.29) is 18.2 Å². The predicted octanol–water partition coefficient (Wildman–Crippen LogP) is 7.86. The summed E-state index contributed by atoms with van der Waals surface area (Å²) in [5.41, 5.74) is 5.60. The van der Waals surface area contributed by atoms with Gasteiger partial charge >= 0.3 is 5.97 Å². The van der Waals surface area contributed by atoms with Crippen LogP contribution in [0.25, 0.3) is 6.08 Å². The Kier molecular flexibility index (Phi) is 8.53. The number of fused-ring (bicyclic) bond motifs is 3. The lowest BCUT2D eigenvalue weighted by molar-refractivity contribution is -0.147. The molecule has 2 aliphatic carbocycles. The zero-order valence-corrected chi connectivity index (χ0v) is 26.6. The SMILES string of the molecule is COC(=O)C1(Nc2cccc(Cl)c2C)CCC2(CC1)C(C[C@@H](C)COCc1ccc(OC)cc1)=Cc1cc3c(cc12)OCO3. The third-order valence-corrected chi connectivity index (χ3v) is 9.99. The smallest absolute Gasteiger partial charge is 0.331 e. The van der Waals surface area contributed by atoms with Crippen molar-refractivity contribution >= 4 is 29.3 Å². The molecule has 3 aliphatic rings. The van der Waals surface area contributed by atoms with Crippen molar-refractivity contribution in [1.82, 2.24) is 0 Å². The summed E-state index contributed by atoms with van der Waals surface area (Å²) in [6.45, 7) is 5.63. The minimum atomic E-state index is -0.854. The van der Waals surface area contributed by atoms with Crippen LogP contribution in [0.3, 0.4) is 0 Å². The molecule has 3 aromatic rings. The largest absolute Gasteiger partial charge is 0.497 e. The fraction of sp³-hybridized carbons (Fsp3) is 0.417. The van der Waals surface area contributed by atoms with Crippen molar-refractivity contribution in [2.24, 2.45) is 5.92 Å². The van der Waals surface area contributed by atoms with Crippen LogP contribution >= 0.6 is 11.6 Å². The zero-order chi connectivity index (χ0) is 30.9. The number of carbonyl (C=O) groups is 1. The number of ether oxygens (including phenoxy) is 5. The van der Waals surface area contributed by atoms with Gasteiger partial charge in [-0.05, 0) is 104 Å². The quantitative estimate of drug-likeness (QED) is 0.232. The van der Waals surface area contributed by atoms with E-state index in [0.717, 1.165) is 53.3 Å². The second-order valence-corrected chi connectivity index (χ2v) is 12.7. The van der Waals surface area contributed by atoms with Gasteiger partial charge in [-0.25, -0.2) is 4.79 Å². The third-order valence-electron chi connectivity index (χ3n) is 9.58. The molecule has 1 fully saturated rings. The molecule has 1 spiro atoms. The molecule has 0 bridgehead atoms. The van der Waals surface area contributed by atoms with Crippen LogP contribution in [0.5, 0.6) is 17.2 Å². The molecule has 1 N–H and O–H groups in total. The molecule has 7 nitrogen and oxygen atoms in total. The van der Waals surface area contributed by atoms with Crippen LogP contribution in [0.1, 0.15) is 61.3 Å². The normalized spacial score (nSPS) is 22.3. The Labute approximate surface area is 264 Å². The van der Waals surface area contributed by atoms with Gasteiger partial charge in [-0.2, -0.15) is 0 Å². The summed E-state index contributed by atoms with van der Waals surface area (Å²) in [5, 5.41) is 4.24. The molecule has 6 rings (SSSR count). The van der Waals surface area contributed by atoms with E-state index in [1.54, 1.807) is 7.11 Å². The lowest BCUT2D eigenvalue weighted by Gasteiger charge is -2.46. The van der Waals surface area contributed by atoms with E-state index in [4.69, 9.17) is 35.3 Å². The highest BCUT2D eigenvalue weighted by atomic mass is 35.5. The molecule has 1 heterocycles. The number of methoxy groups -OCH3 is 2. The Morgan fingerprint density at radius 3 is 2.45 bits per heavy atom. The van der Waals surface area contributed by atoms with Crippen LogP contribution in [-0.4, -0.2) is 39.1 Å². The topological polar surface area (TPSA) is 75.3 Å². The molecule has 0 aromatic heterocycles. The van der Waals surface area contributed by atoms with Gasteiger partial charge in [0.05, 0.1) is 20.8 Å². The van der Waals surface area contributed by atoms with Gasteiger partial charge in [-0.3, -0.25) is 0 Å². The number of esters is 1. The van der Waals surface area contributed by atoms with Crippen molar-refractivity contribution in [3.63, 3.8) is 0 Å². The molecule has 0 unspecified atom stereocenters. The zero-order valence-electron chi connectivity index (χ0n) is 25.8. The first-order valence-corrected chi connectivity index (χ1v) is 15.6. The van der Waals surface area contributed by atoms with E-state index >= 15 is 0 Å². The maximum atomic E-state index is 13.4. The molecule has 1 saturated carbocycles. The number of hydrogen-bond acceptors (Lipinski definition) is 7. The van der Waals surface area contributed by atoms with E-state index < -0.39 is 5.54 Å². The Bertz CT molecular complexity index is 1560. The average molecular weight is 618 g/mol. The molecule has 0 radical (unpaired) electrons. The van der Waals surface area contributed by atoms with Crippen LogP contribution in [0.4, 0.5) is 5.69 Å². The number of benzene rings is 3. The van der Waals surface area contributed by atoms with Crippen molar-refractivity contribution in [3.05, 3.63) is 87.4 Å². The van der Waals surface area contributed by atoms with E-state index in [1.165, 1.54) is 23.8 Å². The molecular formula is C36H40ClNO6. The minimum absolute atomic E-state index is 0.219. The molecule has 1 aliphatic heterocycles. The van der Waals surface area contributed by atoms with Gasteiger partial charge in [0.2, 0.25) is 6.79 Å². The van der Waals surface area contributed by atoms with Gasteiger partial charge in [0.25, 0.3) is 0 Å². The second-order valence-electron chi connectivity index (χ2n) is 12.3. The standard InChI is InChI=1S/C36H40ClNO6/c1-23(20-42-21-25-8-10-28(40-3)11-9-25)16-27-17-26-18-32-33(44-22-43-32)19-29(26)35(27)12-14-36(15-13-35,34(39)41-4)38-31-7-5-6-30(37)24(31)2/h5-11,17-19,23,38H,12-16,20-22H2,1-4H3/t23-,35?,36?/m1/s1. The number of anilines is 1. The van der Waals surface area contributed by atoms with Gasteiger partial charge in [0, 0.05) is 22.7 Å². The second kappa shape index (κ2) is 12.4. The van der Waals surface area contributed by atoms with Crippen LogP contribution in [0.15, 0.2) is 60.2 Å². The van der Waals surface area contributed by atoms with Gasteiger partial charge < -0.3 is 29.0 Å². The Balaban J connectivity index is 1.23. The monoisotopic (exact) mass is 617 g/mol. The van der Waals surface area contributed by atoms with Crippen molar-refractivity contribution < 1.29 is 28.5 Å². The van der Waals surface area contributed by atoms with Crippen LogP contribution in [0, 0.1) is 12.8 Å². The number of allylic oxidation sites excluding steroid dienone is 1. The maximum Gasteiger partial charge on any atom is 0.331 e. The third kappa shape index (κ3) is 5.64. The van der Waals surface area contributed by atoms with Crippen LogP contribution in [0.2, 0.25) is 5.02 Å². The van der Waals surface area contributed by atoms with Crippen LogP contribution < -0.4 is 19.5 Å². The molecule has 0 amide bonds. The summed E-state index contributed by atoms with van der Waals surface area (Å²) < 4.78 is 28.4. The number of carbonyl (C=O) groups excluding carboxylic acids is 1. The van der Waals surface area contributed by atoms with Crippen molar-refractivity contribution in [1.29, 1.82) is 0 Å². The summed E-state index contributed by atoms with van der Waals surface area (Å²) in [6.07, 6.45) is 6.00. The van der Waals surface area contributed by atoms with Gasteiger partial charge in [0.15, 0.2) is 11.5 Å². The van der Waals surface area contributed by atoms with Crippen molar-refractivity contribution in [2.75, 3.05) is 32.9 Å². The number of nitrogens with one attached hydrogen (secondary N) is 1. The van der Waals surface area contributed by atoms with Crippen LogP contribution in [-0.2, 0) is 26.3 Å². The Morgan fingerprint density at radius 1 is 1.02 bits per heavy atom. The fourth-order valence-corrected chi connectivity index (χ4v) is 7.22. The van der Waals surface area contributed by atoms with E-state index in [1.807, 2.05) is 49.4 Å². The van der Waals surface area contributed by atoms with Gasteiger partial charge in [-0.15, -0.1) is 0 Å². The van der Waals surface area contributed by atoms with Gasteiger partial charge in [-0.1, -0.05) is 48.4 Å². The average Bonchev–Trinajstić information content (AvgIpc) is 3.61. The highest BCUT2D eigenvalue weighted by Crippen LogP contribution is 2.57. The van der Waals surface area contributed by atoms with E-state index in [0.29, 0.717) is 37.0 Å². The highest BCUT2D eigenvalue weighted by Gasteiger charge is 2.52. The van der Waals surface area contributed by atoms with Gasteiger partial charge in [0.1, 0.15) is 11.3 Å². The molecule has 1 atom stereocenters. The van der Waals surface area contributed by atoms with E-state index in [9.17, 15) is 4.79 Å². The Morgan fingerprint density at radius 2 is 1.75 bits per heavy atom. The highest BCUT2D eigenvalue weighted by molar-refractivity contribution is 6.31. The summed E-state index contributed by atoms with van der Waals surface area (Å²) in [7, 11) is 3.13. The lowest BCUT2D eigenvalue weighted by atomic mass is 9.61. The predicted molar refractivity (Wildman–Crippen MR) is 172 cm³/mol. The molecule has 0 saturated heterocycles. The summed E-state index contributed by atoms with van der Waals surface area (Å²) >= 11 is 6.44. The Hall–Kier alpha value is -3.68. The first-order valence-electron chi connectivity index (χ1n) is 15.2. The summed E-state index contributed by atoms with van der Waals surface area (Å²) in [5.74, 6) is 2.45. The number of rotatable bonds is 10. The molecule has 3 aromatic carbocycles. The number of halogens is 1. The summed E-state index contributed by atoms with van der Waals surface area (Å²) in [4.78, 5) is 13.4. The molecule has 8 heteroatoms.